The number of hydrogen-bond acceptors (Lipinski definition) is 5. The Balaban J connectivity index is 1.82. The molecule has 2 heterocycles. The van der Waals surface area contributed by atoms with E-state index in [0.29, 0.717) is 33.9 Å². The van der Waals surface area contributed by atoms with Gasteiger partial charge in [-0.3, -0.25) is 13.9 Å². The lowest BCUT2D eigenvalue weighted by Gasteiger charge is -2.14. The summed E-state index contributed by atoms with van der Waals surface area (Å²) in [4.78, 5) is 30.3. The zero-order chi connectivity index (χ0) is 20.5. The van der Waals surface area contributed by atoms with Crippen LogP contribution in [0.4, 0.5) is 0 Å². The Bertz CT molecular complexity index is 1300. The molecule has 0 aliphatic carbocycles. The van der Waals surface area contributed by atoms with Gasteiger partial charge in [0.15, 0.2) is 0 Å². The minimum atomic E-state index is -0.403. The van der Waals surface area contributed by atoms with Crippen molar-refractivity contribution in [2.75, 3.05) is 0 Å². The minimum Gasteiger partial charge on any atom is -0.337 e. The fraction of sp³-hybridized carbons (Fsp3) is 0.238. The van der Waals surface area contributed by atoms with E-state index < -0.39 is 5.69 Å². The van der Waals surface area contributed by atoms with Crippen LogP contribution in [0.2, 0.25) is 5.02 Å². The molecule has 8 heteroatoms. The number of benzene rings is 2. The summed E-state index contributed by atoms with van der Waals surface area (Å²) in [5, 5.41) is 4.97. The Morgan fingerprint density at radius 3 is 2.52 bits per heavy atom. The molecule has 2 aromatic carbocycles. The summed E-state index contributed by atoms with van der Waals surface area (Å²) < 4.78 is 8.12. The predicted octanol–water partition coefficient (Wildman–Crippen LogP) is 3.57. The summed E-state index contributed by atoms with van der Waals surface area (Å²) in [7, 11) is 0. The maximum atomic E-state index is 13.1. The van der Waals surface area contributed by atoms with E-state index in [2.05, 4.69) is 10.1 Å². The first-order valence-corrected chi connectivity index (χ1v) is 9.63. The van der Waals surface area contributed by atoms with Crippen LogP contribution in [0.3, 0.4) is 0 Å². The second-order valence-corrected chi connectivity index (χ2v) is 7.59. The van der Waals surface area contributed by atoms with Crippen LogP contribution in [0.15, 0.2) is 62.6 Å². The van der Waals surface area contributed by atoms with E-state index in [1.165, 1.54) is 9.13 Å². The van der Waals surface area contributed by atoms with Crippen LogP contribution in [-0.4, -0.2) is 19.3 Å². The quantitative estimate of drug-likeness (QED) is 0.502. The Morgan fingerprint density at radius 2 is 1.76 bits per heavy atom. The molecular formula is C21H19ClN4O3. The van der Waals surface area contributed by atoms with E-state index in [0.717, 1.165) is 0 Å². The second-order valence-electron chi connectivity index (χ2n) is 7.19. The molecular weight excluding hydrogens is 392 g/mol. The van der Waals surface area contributed by atoms with Crippen LogP contribution >= 0.6 is 11.6 Å². The van der Waals surface area contributed by atoms with Crippen molar-refractivity contribution in [3.05, 3.63) is 80.3 Å². The largest absolute Gasteiger partial charge is 0.337 e. The molecule has 0 spiro atoms. The Morgan fingerprint density at radius 1 is 1.03 bits per heavy atom. The van der Waals surface area contributed by atoms with Crippen molar-refractivity contribution >= 4 is 22.5 Å². The highest BCUT2D eigenvalue weighted by Gasteiger charge is 2.17. The van der Waals surface area contributed by atoms with Crippen LogP contribution in [0.25, 0.3) is 22.3 Å². The zero-order valence-corrected chi connectivity index (χ0v) is 16.8. The van der Waals surface area contributed by atoms with Gasteiger partial charge in [0.05, 0.1) is 15.9 Å². The molecule has 0 radical (unpaired) electrons. The summed E-state index contributed by atoms with van der Waals surface area (Å²) in [5.74, 6) is 0.741. The third-order valence-corrected chi connectivity index (χ3v) is 4.89. The summed E-state index contributed by atoms with van der Waals surface area (Å²) in [6, 6.07) is 14.2. The highest BCUT2D eigenvalue weighted by molar-refractivity contribution is 6.33. The van der Waals surface area contributed by atoms with E-state index in [9.17, 15) is 9.59 Å². The van der Waals surface area contributed by atoms with Gasteiger partial charge in [0.1, 0.15) is 6.54 Å². The first kappa shape index (κ1) is 19.1. The van der Waals surface area contributed by atoms with Crippen molar-refractivity contribution < 1.29 is 4.52 Å². The van der Waals surface area contributed by atoms with Gasteiger partial charge in [-0.1, -0.05) is 54.9 Å². The third-order valence-electron chi connectivity index (χ3n) is 4.56. The van der Waals surface area contributed by atoms with Gasteiger partial charge in [0.2, 0.25) is 11.7 Å². The molecule has 7 nitrogen and oxygen atoms in total. The number of nitrogens with zero attached hydrogens (tertiary/aromatic N) is 4. The van der Waals surface area contributed by atoms with Gasteiger partial charge in [-0.25, -0.2) is 4.79 Å². The number of fused-ring (bicyclic) bond motifs is 1. The lowest BCUT2D eigenvalue weighted by atomic mass is 10.2. The number of aromatic nitrogens is 4. The molecule has 29 heavy (non-hydrogen) atoms. The predicted molar refractivity (Wildman–Crippen MR) is 111 cm³/mol. The van der Waals surface area contributed by atoms with Gasteiger partial charge in [0, 0.05) is 12.1 Å². The first-order valence-electron chi connectivity index (χ1n) is 9.25. The van der Waals surface area contributed by atoms with E-state index >= 15 is 0 Å². The molecule has 0 atom stereocenters. The molecule has 0 unspecified atom stereocenters. The van der Waals surface area contributed by atoms with Gasteiger partial charge < -0.3 is 4.52 Å². The number of hydrogen-bond donors (Lipinski definition) is 0. The highest BCUT2D eigenvalue weighted by Crippen LogP contribution is 2.25. The number of rotatable bonds is 5. The summed E-state index contributed by atoms with van der Waals surface area (Å²) in [6.45, 7) is 4.30. The van der Waals surface area contributed by atoms with Gasteiger partial charge in [-0.2, -0.15) is 4.98 Å². The molecule has 0 aliphatic rings. The van der Waals surface area contributed by atoms with Gasteiger partial charge in [-0.05, 0) is 30.2 Å². The van der Waals surface area contributed by atoms with Crippen LogP contribution in [0.5, 0.6) is 0 Å². The molecule has 4 rings (SSSR count). The fourth-order valence-corrected chi connectivity index (χ4v) is 3.48. The van der Waals surface area contributed by atoms with E-state index in [1.807, 2.05) is 26.0 Å². The van der Waals surface area contributed by atoms with Crippen molar-refractivity contribution in [2.24, 2.45) is 5.92 Å². The monoisotopic (exact) mass is 410 g/mol. The molecule has 0 N–H and O–H groups in total. The van der Waals surface area contributed by atoms with Crippen molar-refractivity contribution in [3.8, 4) is 11.4 Å². The minimum absolute atomic E-state index is 0.0508. The Hall–Kier alpha value is -3.19. The average Bonchev–Trinajstić information content (AvgIpc) is 3.17. The van der Waals surface area contributed by atoms with Crippen LogP contribution in [-0.2, 0) is 13.1 Å². The molecule has 0 amide bonds. The average molecular weight is 411 g/mol. The van der Waals surface area contributed by atoms with Crippen LogP contribution < -0.4 is 11.2 Å². The number of para-hydroxylation sites is 1. The third kappa shape index (κ3) is 3.61. The van der Waals surface area contributed by atoms with Crippen molar-refractivity contribution in [1.82, 2.24) is 19.3 Å². The maximum Gasteiger partial charge on any atom is 0.331 e. The molecule has 0 bridgehead atoms. The molecule has 4 aromatic rings. The van der Waals surface area contributed by atoms with Crippen molar-refractivity contribution in [1.29, 1.82) is 0 Å². The summed E-state index contributed by atoms with van der Waals surface area (Å²) >= 11 is 6.20. The van der Waals surface area contributed by atoms with E-state index in [1.54, 1.807) is 36.4 Å². The molecule has 0 aliphatic heterocycles. The van der Waals surface area contributed by atoms with Crippen molar-refractivity contribution in [3.63, 3.8) is 0 Å². The molecule has 2 aromatic heterocycles. The van der Waals surface area contributed by atoms with E-state index in [4.69, 9.17) is 16.1 Å². The van der Waals surface area contributed by atoms with Gasteiger partial charge in [0.25, 0.3) is 5.56 Å². The van der Waals surface area contributed by atoms with Gasteiger partial charge in [-0.15, -0.1) is 0 Å². The molecule has 0 saturated carbocycles. The van der Waals surface area contributed by atoms with E-state index in [-0.39, 0.29) is 23.9 Å². The fourth-order valence-electron chi connectivity index (χ4n) is 3.26. The van der Waals surface area contributed by atoms with Crippen LogP contribution in [0, 0.1) is 5.92 Å². The molecule has 0 fully saturated rings. The maximum absolute atomic E-state index is 13.1. The highest BCUT2D eigenvalue weighted by atomic mass is 35.5. The molecule has 148 valence electrons. The Labute approximate surface area is 171 Å². The SMILES string of the molecule is CC(C)Cn1c(=O)c2ccccc2n(Cc2nc(-c3ccccc3Cl)no2)c1=O. The first-order chi connectivity index (χ1) is 14.0. The normalized spacial score (nSPS) is 11.4. The lowest BCUT2D eigenvalue weighted by molar-refractivity contribution is 0.368. The lowest BCUT2D eigenvalue weighted by Crippen LogP contribution is -2.41. The summed E-state index contributed by atoms with van der Waals surface area (Å²) in [5.41, 5.74) is 0.476. The summed E-state index contributed by atoms with van der Waals surface area (Å²) in [6.07, 6.45) is 0. The van der Waals surface area contributed by atoms with Gasteiger partial charge >= 0.3 is 5.69 Å². The molecule has 0 saturated heterocycles. The topological polar surface area (TPSA) is 82.9 Å². The van der Waals surface area contributed by atoms with Crippen LogP contribution in [0.1, 0.15) is 19.7 Å². The smallest absolute Gasteiger partial charge is 0.331 e. The zero-order valence-electron chi connectivity index (χ0n) is 16.0. The number of halogens is 1. The Kier molecular flexibility index (Phi) is 5.07. The van der Waals surface area contributed by atoms with Crippen molar-refractivity contribution in [2.45, 2.75) is 26.9 Å². The standard InChI is InChI=1S/C21H19ClN4O3/c1-13(2)11-26-20(27)15-8-4-6-10-17(15)25(21(26)28)12-18-23-19(24-29-18)14-7-3-5-9-16(14)22/h3-10,13H,11-12H2,1-2H3. The second kappa shape index (κ2) is 7.67.